The lowest BCUT2D eigenvalue weighted by molar-refractivity contribution is -0.120. The summed E-state index contributed by atoms with van der Waals surface area (Å²) >= 11 is 0. The summed E-state index contributed by atoms with van der Waals surface area (Å²) in [4.78, 5) is 11.5. The maximum absolute atomic E-state index is 13.1. The SMILES string of the molecule is CCOCC(=O)Nc1ccc(F)cc1C#CCN. The number of ether oxygens (including phenoxy) is 1. The van der Waals surface area contributed by atoms with E-state index in [1.165, 1.54) is 18.2 Å². The zero-order valence-corrected chi connectivity index (χ0v) is 10.1. The van der Waals surface area contributed by atoms with Crippen LogP contribution in [0.3, 0.4) is 0 Å². The van der Waals surface area contributed by atoms with E-state index < -0.39 is 5.82 Å². The van der Waals surface area contributed by atoms with Gasteiger partial charge in [0.05, 0.1) is 17.8 Å². The molecule has 0 aliphatic rings. The Hall–Kier alpha value is -1.90. The summed E-state index contributed by atoms with van der Waals surface area (Å²) in [5.74, 6) is 4.60. The average Bonchev–Trinajstić information content (AvgIpc) is 2.36. The first kappa shape index (κ1) is 14.2. The zero-order chi connectivity index (χ0) is 13.4. The van der Waals surface area contributed by atoms with Crippen molar-refractivity contribution in [3.63, 3.8) is 0 Å². The van der Waals surface area contributed by atoms with Crippen LogP contribution in [0.4, 0.5) is 10.1 Å². The molecule has 5 heteroatoms. The van der Waals surface area contributed by atoms with Gasteiger partial charge >= 0.3 is 0 Å². The Morgan fingerprint density at radius 3 is 3.00 bits per heavy atom. The number of carbonyl (C=O) groups is 1. The molecule has 0 saturated heterocycles. The Morgan fingerprint density at radius 1 is 1.56 bits per heavy atom. The number of amides is 1. The van der Waals surface area contributed by atoms with Gasteiger partial charge in [-0.15, -0.1) is 0 Å². The monoisotopic (exact) mass is 250 g/mol. The molecule has 0 spiro atoms. The highest BCUT2D eigenvalue weighted by Gasteiger charge is 2.06. The van der Waals surface area contributed by atoms with Crippen molar-refractivity contribution >= 4 is 11.6 Å². The highest BCUT2D eigenvalue weighted by atomic mass is 19.1. The van der Waals surface area contributed by atoms with Crippen molar-refractivity contribution in [2.45, 2.75) is 6.92 Å². The van der Waals surface area contributed by atoms with Crippen molar-refractivity contribution in [1.82, 2.24) is 0 Å². The van der Waals surface area contributed by atoms with E-state index in [9.17, 15) is 9.18 Å². The number of nitrogens with one attached hydrogen (secondary N) is 1. The minimum atomic E-state index is -0.417. The van der Waals surface area contributed by atoms with Crippen LogP contribution in [-0.2, 0) is 9.53 Å². The Morgan fingerprint density at radius 2 is 2.33 bits per heavy atom. The topological polar surface area (TPSA) is 64.3 Å². The first-order chi connectivity index (χ1) is 8.67. The molecule has 0 fully saturated rings. The molecule has 4 nitrogen and oxygen atoms in total. The lowest BCUT2D eigenvalue weighted by Gasteiger charge is -2.07. The summed E-state index contributed by atoms with van der Waals surface area (Å²) in [5, 5.41) is 2.61. The van der Waals surface area contributed by atoms with E-state index in [2.05, 4.69) is 17.2 Å². The molecular weight excluding hydrogens is 235 g/mol. The van der Waals surface area contributed by atoms with Gasteiger partial charge in [-0.3, -0.25) is 4.79 Å². The normalized spacial score (nSPS) is 9.50. The molecule has 0 saturated carbocycles. The van der Waals surface area contributed by atoms with Crippen molar-refractivity contribution < 1.29 is 13.9 Å². The fraction of sp³-hybridized carbons (Fsp3) is 0.308. The zero-order valence-electron chi connectivity index (χ0n) is 10.1. The van der Waals surface area contributed by atoms with Crippen LogP contribution in [0, 0.1) is 17.7 Å². The van der Waals surface area contributed by atoms with Crippen LogP contribution in [0.1, 0.15) is 12.5 Å². The lowest BCUT2D eigenvalue weighted by Crippen LogP contribution is -2.18. The molecule has 0 aromatic heterocycles. The van der Waals surface area contributed by atoms with Crippen LogP contribution in [-0.4, -0.2) is 25.7 Å². The van der Waals surface area contributed by atoms with Crippen molar-refractivity contribution in [1.29, 1.82) is 0 Å². The fourth-order valence-electron chi connectivity index (χ4n) is 1.26. The van der Waals surface area contributed by atoms with E-state index in [-0.39, 0.29) is 19.1 Å². The molecule has 1 rings (SSSR count). The Balaban J connectivity index is 2.84. The molecule has 1 aromatic rings. The third kappa shape index (κ3) is 4.53. The van der Waals surface area contributed by atoms with E-state index in [0.717, 1.165) is 0 Å². The van der Waals surface area contributed by atoms with Crippen LogP contribution < -0.4 is 11.1 Å². The maximum Gasteiger partial charge on any atom is 0.250 e. The second kappa shape index (κ2) is 7.43. The molecule has 0 bridgehead atoms. The van der Waals surface area contributed by atoms with E-state index >= 15 is 0 Å². The summed E-state index contributed by atoms with van der Waals surface area (Å²) in [6.07, 6.45) is 0. The van der Waals surface area contributed by atoms with Crippen molar-refractivity contribution in [2.75, 3.05) is 25.1 Å². The summed E-state index contributed by atoms with van der Waals surface area (Å²) in [5.41, 5.74) is 6.10. The number of carbonyl (C=O) groups excluding carboxylic acids is 1. The quantitative estimate of drug-likeness (QED) is 0.787. The summed E-state index contributed by atoms with van der Waals surface area (Å²) in [6.45, 7) is 2.38. The Labute approximate surface area is 105 Å². The molecule has 0 aliphatic carbocycles. The van der Waals surface area contributed by atoms with Crippen molar-refractivity contribution in [3.8, 4) is 11.8 Å². The highest BCUT2D eigenvalue weighted by molar-refractivity contribution is 5.93. The second-order valence-electron chi connectivity index (χ2n) is 3.38. The van der Waals surface area contributed by atoms with Crippen molar-refractivity contribution in [3.05, 3.63) is 29.6 Å². The van der Waals surface area contributed by atoms with Crippen LogP contribution in [0.2, 0.25) is 0 Å². The summed E-state index contributed by atoms with van der Waals surface area (Å²) < 4.78 is 18.0. The maximum atomic E-state index is 13.1. The minimum absolute atomic E-state index is 0.0440. The molecule has 0 radical (unpaired) electrons. The van der Waals surface area contributed by atoms with Gasteiger partial charge < -0.3 is 15.8 Å². The number of hydrogen-bond acceptors (Lipinski definition) is 3. The van der Waals surface area contributed by atoms with Crippen LogP contribution in [0.15, 0.2) is 18.2 Å². The first-order valence-electron chi connectivity index (χ1n) is 5.53. The molecule has 1 amide bonds. The number of rotatable bonds is 4. The number of halogens is 1. The molecule has 96 valence electrons. The standard InChI is InChI=1S/C13H15FN2O2/c1-2-18-9-13(17)16-12-6-5-11(14)8-10(12)4-3-7-15/h5-6,8H,2,7,9,15H2,1H3,(H,16,17). The van der Waals surface area contributed by atoms with E-state index in [1.807, 2.05) is 0 Å². The Kier molecular flexibility index (Phi) is 5.85. The highest BCUT2D eigenvalue weighted by Crippen LogP contribution is 2.15. The first-order valence-corrected chi connectivity index (χ1v) is 5.53. The van der Waals surface area contributed by atoms with Gasteiger partial charge in [-0.1, -0.05) is 11.8 Å². The third-order valence-electron chi connectivity index (χ3n) is 2.02. The van der Waals surface area contributed by atoms with Gasteiger partial charge in [-0.05, 0) is 25.1 Å². The van der Waals surface area contributed by atoms with Crippen LogP contribution in [0.5, 0.6) is 0 Å². The van der Waals surface area contributed by atoms with Crippen LogP contribution in [0.25, 0.3) is 0 Å². The number of nitrogens with two attached hydrogens (primary N) is 1. The lowest BCUT2D eigenvalue weighted by atomic mass is 10.1. The van der Waals surface area contributed by atoms with E-state index in [4.69, 9.17) is 10.5 Å². The van der Waals surface area contributed by atoms with Crippen LogP contribution >= 0.6 is 0 Å². The predicted molar refractivity (Wildman–Crippen MR) is 67.5 cm³/mol. The predicted octanol–water partition coefficient (Wildman–Crippen LogP) is 1.11. The number of hydrogen-bond donors (Lipinski definition) is 2. The summed E-state index contributed by atoms with van der Waals surface area (Å²) in [6, 6.07) is 3.96. The molecular formula is C13H15FN2O2. The molecule has 18 heavy (non-hydrogen) atoms. The largest absolute Gasteiger partial charge is 0.372 e. The van der Waals surface area contributed by atoms with Gasteiger partial charge in [0.15, 0.2) is 0 Å². The molecule has 0 heterocycles. The number of anilines is 1. The summed E-state index contributed by atoms with van der Waals surface area (Å²) in [7, 11) is 0. The average molecular weight is 250 g/mol. The van der Waals surface area contributed by atoms with E-state index in [0.29, 0.717) is 17.9 Å². The molecule has 0 aliphatic heterocycles. The molecule has 3 N–H and O–H groups in total. The van der Waals surface area contributed by atoms with Gasteiger partial charge in [-0.25, -0.2) is 4.39 Å². The second-order valence-corrected chi connectivity index (χ2v) is 3.38. The van der Waals surface area contributed by atoms with Gasteiger partial charge in [0.25, 0.3) is 0 Å². The third-order valence-corrected chi connectivity index (χ3v) is 2.02. The molecule has 0 unspecified atom stereocenters. The van der Waals surface area contributed by atoms with E-state index in [1.54, 1.807) is 6.92 Å². The van der Waals surface area contributed by atoms with Gasteiger partial charge in [0, 0.05) is 6.61 Å². The molecule has 0 atom stereocenters. The van der Waals surface area contributed by atoms with Crippen molar-refractivity contribution in [2.24, 2.45) is 5.73 Å². The molecule has 1 aromatic carbocycles. The fourth-order valence-corrected chi connectivity index (χ4v) is 1.26. The minimum Gasteiger partial charge on any atom is -0.372 e. The van der Waals surface area contributed by atoms with Gasteiger partial charge in [-0.2, -0.15) is 0 Å². The van der Waals surface area contributed by atoms with Gasteiger partial charge in [0.1, 0.15) is 12.4 Å². The van der Waals surface area contributed by atoms with Gasteiger partial charge in [0.2, 0.25) is 5.91 Å². The smallest absolute Gasteiger partial charge is 0.250 e. The number of benzene rings is 1. The Bertz CT molecular complexity index is 478.